The Balaban J connectivity index is 1.80. The third-order valence-corrected chi connectivity index (χ3v) is 4.68. The predicted molar refractivity (Wildman–Crippen MR) is 89.0 cm³/mol. The van der Waals surface area contributed by atoms with Crippen molar-refractivity contribution in [2.24, 2.45) is 7.05 Å². The van der Waals surface area contributed by atoms with E-state index in [1.54, 1.807) is 18.5 Å². The fourth-order valence-electron chi connectivity index (χ4n) is 2.40. The number of amides is 1. The topological polar surface area (TPSA) is 64.7 Å². The number of nitrogens with zero attached hydrogens (tertiary/aromatic N) is 4. The molecule has 0 atom stereocenters. The van der Waals surface area contributed by atoms with Crippen molar-refractivity contribution in [2.75, 3.05) is 5.32 Å². The van der Waals surface area contributed by atoms with Gasteiger partial charge in [-0.05, 0) is 35.0 Å². The minimum Gasteiger partial charge on any atom is -0.313 e. The first-order chi connectivity index (χ1) is 11.4. The van der Waals surface area contributed by atoms with Gasteiger partial charge in [0.1, 0.15) is 12.2 Å². The lowest BCUT2D eigenvalue weighted by Gasteiger charge is -2.06. The van der Waals surface area contributed by atoms with E-state index in [4.69, 9.17) is 0 Å². The second-order valence-electron chi connectivity index (χ2n) is 5.27. The number of hydrogen-bond acceptors (Lipinski definition) is 3. The number of aryl methyl sites for hydroxylation is 1. The van der Waals surface area contributed by atoms with Crippen molar-refractivity contribution in [3.05, 3.63) is 40.1 Å². The fourth-order valence-corrected chi connectivity index (χ4v) is 2.86. The van der Waals surface area contributed by atoms with Gasteiger partial charge in [0.15, 0.2) is 0 Å². The molecule has 0 unspecified atom stereocenters. The molecule has 0 saturated carbocycles. The quantitative estimate of drug-likeness (QED) is 0.733. The molecule has 9 heteroatoms. The molecule has 0 aliphatic carbocycles. The Bertz CT molecular complexity index is 918. The van der Waals surface area contributed by atoms with Gasteiger partial charge in [0.05, 0.1) is 21.2 Å². The number of halogens is 3. The van der Waals surface area contributed by atoms with E-state index >= 15 is 0 Å². The Morgan fingerprint density at radius 2 is 2.08 bits per heavy atom. The number of nitrogens with one attached hydrogen (secondary N) is 1. The van der Waals surface area contributed by atoms with E-state index in [0.29, 0.717) is 11.6 Å². The molecule has 3 rings (SSSR count). The SMILES string of the molecule is Cc1c(Br)c(C(F)F)nn1CC(=O)Nc1nc2ccccc2n1C. The van der Waals surface area contributed by atoms with Crippen molar-refractivity contribution in [1.82, 2.24) is 19.3 Å². The summed E-state index contributed by atoms with van der Waals surface area (Å²) in [4.78, 5) is 16.6. The molecule has 0 bridgehead atoms. The number of rotatable bonds is 4. The zero-order valence-electron chi connectivity index (χ0n) is 12.9. The lowest BCUT2D eigenvalue weighted by atomic mass is 10.3. The minimum absolute atomic E-state index is 0.180. The van der Waals surface area contributed by atoms with Gasteiger partial charge in [-0.25, -0.2) is 13.8 Å². The second kappa shape index (κ2) is 6.31. The van der Waals surface area contributed by atoms with E-state index in [9.17, 15) is 13.6 Å². The van der Waals surface area contributed by atoms with E-state index in [1.165, 1.54) is 4.68 Å². The number of carbonyl (C=O) groups is 1. The van der Waals surface area contributed by atoms with Crippen LogP contribution < -0.4 is 5.32 Å². The number of fused-ring (bicyclic) bond motifs is 1. The Morgan fingerprint density at radius 1 is 1.38 bits per heavy atom. The molecule has 2 aromatic heterocycles. The molecule has 0 aliphatic heterocycles. The third-order valence-electron chi connectivity index (χ3n) is 3.70. The molecule has 0 fully saturated rings. The molecule has 1 aromatic carbocycles. The van der Waals surface area contributed by atoms with Crippen molar-refractivity contribution in [1.29, 1.82) is 0 Å². The molecule has 0 saturated heterocycles. The molecule has 126 valence electrons. The van der Waals surface area contributed by atoms with Crippen molar-refractivity contribution in [3.63, 3.8) is 0 Å². The number of alkyl halides is 2. The Kier molecular flexibility index (Phi) is 4.35. The highest BCUT2D eigenvalue weighted by Gasteiger charge is 2.21. The molecule has 3 aromatic rings. The highest BCUT2D eigenvalue weighted by molar-refractivity contribution is 9.10. The summed E-state index contributed by atoms with van der Waals surface area (Å²) in [6, 6.07) is 7.47. The summed E-state index contributed by atoms with van der Waals surface area (Å²) in [6.07, 6.45) is -2.71. The first-order valence-electron chi connectivity index (χ1n) is 7.10. The zero-order valence-corrected chi connectivity index (χ0v) is 14.5. The Labute approximate surface area is 144 Å². The summed E-state index contributed by atoms with van der Waals surface area (Å²) < 4.78 is 28.9. The molecular formula is C15H14BrF2N5O. The van der Waals surface area contributed by atoms with Crippen LogP contribution in [0.4, 0.5) is 14.7 Å². The van der Waals surface area contributed by atoms with Crippen LogP contribution in [0.25, 0.3) is 11.0 Å². The van der Waals surface area contributed by atoms with Crippen molar-refractivity contribution in [2.45, 2.75) is 19.9 Å². The maximum Gasteiger partial charge on any atom is 0.283 e. The Morgan fingerprint density at radius 3 is 2.71 bits per heavy atom. The van der Waals surface area contributed by atoms with Gasteiger partial charge in [0.2, 0.25) is 11.9 Å². The van der Waals surface area contributed by atoms with Gasteiger partial charge >= 0.3 is 0 Å². The fraction of sp³-hybridized carbons (Fsp3) is 0.267. The third kappa shape index (κ3) is 2.91. The maximum atomic E-state index is 12.9. The van der Waals surface area contributed by atoms with Crippen LogP contribution >= 0.6 is 15.9 Å². The van der Waals surface area contributed by atoms with Gasteiger partial charge in [-0.15, -0.1) is 0 Å². The number of carbonyl (C=O) groups excluding carboxylic acids is 1. The van der Waals surface area contributed by atoms with Crippen LogP contribution in [0.15, 0.2) is 28.7 Å². The monoisotopic (exact) mass is 397 g/mol. The first kappa shape index (κ1) is 16.6. The van der Waals surface area contributed by atoms with Crippen LogP contribution in [0.3, 0.4) is 0 Å². The van der Waals surface area contributed by atoms with Gasteiger partial charge in [-0.3, -0.25) is 14.8 Å². The number of hydrogen-bond donors (Lipinski definition) is 1. The average Bonchev–Trinajstić information content (AvgIpc) is 3.00. The molecule has 2 heterocycles. The molecule has 1 amide bonds. The molecular weight excluding hydrogens is 384 g/mol. The molecule has 0 spiro atoms. The normalized spacial score (nSPS) is 11.4. The lowest BCUT2D eigenvalue weighted by molar-refractivity contribution is -0.117. The van der Waals surface area contributed by atoms with Crippen LogP contribution in [0.1, 0.15) is 17.8 Å². The van der Waals surface area contributed by atoms with Crippen LogP contribution in [-0.2, 0) is 18.4 Å². The molecule has 1 N–H and O–H groups in total. The highest BCUT2D eigenvalue weighted by Crippen LogP contribution is 2.29. The maximum absolute atomic E-state index is 12.9. The molecule has 0 aliphatic rings. The summed E-state index contributed by atoms with van der Waals surface area (Å²) in [5, 5.41) is 6.47. The number of para-hydroxylation sites is 2. The van der Waals surface area contributed by atoms with Crippen LogP contribution in [0, 0.1) is 6.92 Å². The zero-order chi connectivity index (χ0) is 17.4. The standard InChI is InChI=1S/C15H14BrF2N5O/c1-8-12(16)13(14(17)18)21-23(8)7-11(24)20-15-19-9-5-3-4-6-10(9)22(15)2/h3-6,14H,7H2,1-2H3,(H,19,20,24). The van der Waals surface area contributed by atoms with E-state index in [0.717, 1.165) is 11.0 Å². The lowest BCUT2D eigenvalue weighted by Crippen LogP contribution is -2.22. The van der Waals surface area contributed by atoms with E-state index in [-0.39, 0.29) is 16.7 Å². The minimum atomic E-state index is -2.71. The number of imidazole rings is 1. The molecule has 0 radical (unpaired) electrons. The summed E-state index contributed by atoms with van der Waals surface area (Å²) in [5.41, 5.74) is 1.73. The number of anilines is 1. The van der Waals surface area contributed by atoms with Crippen molar-refractivity contribution in [3.8, 4) is 0 Å². The smallest absolute Gasteiger partial charge is 0.283 e. The van der Waals surface area contributed by atoms with Crippen LogP contribution in [0.2, 0.25) is 0 Å². The summed E-state index contributed by atoms with van der Waals surface area (Å²) in [6.45, 7) is 1.44. The molecule has 6 nitrogen and oxygen atoms in total. The second-order valence-corrected chi connectivity index (χ2v) is 6.07. The first-order valence-corrected chi connectivity index (χ1v) is 7.90. The van der Waals surface area contributed by atoms with E-state index in [2.05, 4.69) is 31.3 Å². The largest absolute Gasteiger partial charge is 0.313 e. The average molecular weight is 398 g/mol. The highest BCUT2D eigenvalue weighted by atomic mass is 79.9. The number of aromatic nitrogens is 4. The van der Waals surface area contributed by atoms with E-state index in [1.807, 2.05) is 24.3 Å². The number of benzene rings is 1. The van der Waals surface area contributed by atoms with Crippen molar-refractivity contribution < 1.29 is 13.6 Å². The van der Waals surface area contributed by atoms with Gasteiger partial charge in [-0.2, -0.15) is 5.10 Å². The van der Waals surface area contributed by atoms with Crippen molar-refractivity contribution >= 4 is 38.8 Å². The summed E-state index contributed by atoms with van der Waals surface area (Å²) in [7, 11) is 1.79. The summed E-state index contributed by atoms with van der Waals surface area (Å²) in [5.74, 6) is -0.00789. The van der Waals surface area contributed by atoms with Gasteiger partial charge in [0, 0.05) is 7.05 Å². The Hall–Kier alpha value is -2.29. The predicted octanol–water partition coefficient (Wildman–Crippen LogP) is 3.42. The van der Waals surface area contributed by atoms with E-state index < -0.39 is 12.3 Å². The molecule has 24 heavy (non-hydrogen) atoms. The van der Waals surface area contributed by atoms with Gasteiger partial charge < -0.3 is 4.57 Å². The van der Waals surface area contributed by atoms with Gasteiger partial charge in [-0.1, -0.05) is 12.1 Å². The summed E-state index contributed by atoms with van der Waals surface area (Å²) >= 11 is 3.08. The van der Waals surface area contributed by atoms with Crippen LogP contribution in [-0.4, -0.2) is 25.2 Å². The van der Waals surface area contributed by atoms with Crippen LogP contribution in [0.5, 0.6) is 0 Å². The van der Waals surface area contributed by atoms with Gasteiger partial charge in [0.25, 0.3) is 6.43 Å².